The summed E-state index contributed by atoms with van der Waals surface area (Å²) in [7, 11) is 3.21. The van der Waals surface area contributed by atoms with E-state index in [0.29, 0.717) is 35.4 Å². The summed E-state index contributed by atoms with van der Waals surface area (Å²) in [6.45, 7) is 0.824. The maximum Gasteiger partial charge on any atom is 0.261 e. The summed E-state index contributed by atoms with van der Waals surface area (Å²) in [4.78, 5) is 14.1. The zero-order chi connectivity index (χ0) is 17.1. The summed E-state index contributed by atoms with van der Waals surface area (Å²) in [6, 6.07) is 10.9. The van der Waals surface area contributed by atoms with Gasteiger partial charge < -0.3 is 19.1 Å². The van der Waals surface area contributed by atoms with Crippen molar-refractivity contribution in [2.24, 2.45) is 0 Å². The highest BCUT2D eigenvalue weighted by Crippen LogP contribution is 2.30. The van der Waals surface area contributed by atoms with Crippen LogP contribution in [0.4, 0.5) is 0 Å². The van der Waals surface area contributed by atoms with Crippen LogP contribution in [0.5, 0.6) is 17.2 Å². The second-order valence-corrected chi connectivity index (χ2v) is 5.90. The van der Waals surface area contributed by atoms with Crippen molar-refractivity contribution in [1.29, 1.82) is 0 Å². The summed E-state index contributed by atoms with van der Waals surface area (Å²) in [5, 5.41) is 0.616. The number of hydrogen-bond acceptors (Lipinski definition) is 4. The molecule has 0 bridgehead atoms. The average molecular weight is 348 g/mol. The van der Waals surface area contributed by atoms with E-state index in [2.05, 4.69) is 0 Å². The molecule has 2 aromatic carbocycles. The predicted molar refractivity (Wildman–Crippen MR) is 90.7 cm³/mol. The molecule has 0 spiro atoms. The Hall–Kier alpha value is -2.40. The van der Waals surface area contributed by atoms with Crippen LogP contribution < -0.4 is 14.2 Å². The van der Waals surface area contributed by atoms with E-state index >= 15 is 0 Å². The van der Waals surface area contributed by atoms with E-state index in [1.807, 2.05) is 24.3 Å². The zero-order valence-electron chi connectivity index (χ0n) is 13.5. The number of fused-ring (bicyclic) bond motifs is 1. The van der Waals surface area contributed by atoms with Gasteiger partial charge in [0, 0.05) is 29.2 Å². The van der Waals surface area contributed by atoms with Crippen molar-refractivity contribution in [2.75, 3.05) is 20.8 Å². The van der Waals surface area contributed by atoms with Gasteiger partial charge in [0.05, 0.1) is 14.2 Å². The minimum absolute atomic E-state index is 0.000909. The first kappa shape index (κ1) is 16.5. The van der Waals surface area contributed by atoms with E-state index in [-0.39, 0.29) is 12.5 Å². The van der Waals surface area contributed by atoms with E-state index in [1.54, 1.807) is 31.3 Å². The standard InChI is InChI=1S/C18H18ClNO4/c1-22-15-4-6-16(23-2)13(8-15)10-20-9-12-7-14(19)3-5-17(12)24-11-18(20)21/h3-8H,9-11H2,1-2H3. The molecule has 2 aromatic rings. The van der Waals surface area contributed by atoms with Crippen LogP contribution in [-0.2, 0) is 17.9 Å². The Bertz CT molecular complexity index is 763. The molecule has 1 aliphatic heterocycles. The average Bonchev–Trinajstić information content (AvgIpc) is 2.74. The Morgan fingerprint density at radius 2 is 2.00 bits per heavy atom. The summed E-state index contributed by atoms with van der Waals surface area (Å²) in [6.07, 6.45) is 0. The van der Waals surface area contributed by atoms with Gasteiger partial charge in [-0.2, -0.15) is 0 Å². The molecule has 0 aromatic heterocycles. The number of benzene rings is 2. The Kier molecular flexibility index (Phi) is 4.81. The van der Waals surface area contributed by atoms with E-state index < -0.39 is 0 Å². The number of carbonyl (C=O) groups is 1. The van der Waals surface area contributed by atoms with Gasteiger partial charge in [-0.15, -0.1) is 0 Å². The third-order valence-corrected chi connectivity index (χ3v) is 4.17. The molecule has 1 aliphatic rings. The maximum absolute atomic E-state index is 12.4. The monoisotopic (exact) mass is 347 g/mol. The number of amides is 1. The summed E-state index contributed by atoms with van der Waals surface area (Å²) >= 11 is 6.07. The zero-order valence-corrected chi connectivity index (χ0v) is 14.3. The Morgan fingerprint density at radius 1 is 1.17 bits per heavy atom. The number of halogens is 1. The van der Waals surface area contributed by atoms with Gasteiger partial charge >= 0.3 is 0 Å². The molecule has 6 heteroatoms. The first-order valence-electron chi connectivity index (χ1n) is 7.50. The van der Waals surface area contributed by atoms with E-state index in [1.165, 1.54) is 0 Å². The fraction of sp³-hybridized carbons (Fsp3) is 0.278. The lowest BCUT2D eigenvalue weighted by atomic mass is 10.1. The first-order valence-corrected chi connectivity index (χ1v) is 7.88. The lowest BCUT2D eigenvalue weighted by molar-refractivity contribution is -0.133. The number of rotatable bonds is 4. The van der Waals surface area contributed by atoms with Crippen LogP contribution in [0.1, 0.15) is 11.1 Å². The number of carbonyl (C=O) groups excluding carboxylic acids is 1. The van der Waals surface area contributed by atoms with Crippen molar-refractivity contribution in [2.45, 2.75) is 13.1 Å². The highest BCUT2D eigenvalue weighted by Gasteiger charge is 2.23. The topological polar surface area (TPSA) is 48.0 Å². The second kappa shape index (κ2) is 7.01. The quantitative estimate of drug-likeness (QED) is 0.851. The summed E-state index contributed by atoms with van der Waals surface area (Å²) in [5.41, 5.74) is 1.76. The highest BCUT2D eigenvalue weighted by atomic mass is 35.5. The maximum atomic E-state index is 12.4. The van der Waals surface area contributed by atoms with Crippen molar-refractivity contribution in [3.63, 3.8) is 0 Å². The minimum atomic E-state index is -0.0906. The van der Waals surface area contributed by atoms with Gasteiger partial charge in [-0.3, -0.25) is 4.79 Å². The molecular weight excluding hydrogens is 330 g/mol. The molecule has 24 heavy (non-hydrogen) atoms. The second-order valence-electron chi connectivity index (χ2n) is 5.47. The normalized spacial score (nSPS) is 13.8. The molecule has 1 amide bonds. The van der Waals surface area contributed by atoms with Crippen LogP contribution in [0, 0.1) is 0 Å². The van der Waals surface area contributed by atoms with Crippen LogP contribution in [0.15, 0.2) is 36.4 Å². The molecule has 0 unspecified atom stereocenters. The summed E-state index contributed by atoms with van der Waals surface area (Å²) < 4.78 is 16.2. The lowest BCUT2D eigenvalue weighted by Crippen LogP contribution is -2.32. The largest absolute Gasteiger partial charge is 0.497 e. The molecule has 3 rings (SSSR count). The van der Waals surface area contributed by atoms with Crippen molar-refractivity contribution in [3.8, 4) is 17.2 Å². The van der Waals surface area contributed by atoms with Crippen molar-refractivity contribution in [1.82, 2.24) is 4.90 Å². The first-order chi connectivity index (χ1) is 11.6. The molecule has 0 aliphatic carbocycles. The SMILES string of the molecule is COc1ccc(OC)c(CN2Cc3cc(Cl)ccc3OCC2=O)c1. The van der Waals surface area contributed by atoms with Gasteiger partial charge in [0.25, 0.3) is 5.91 Å². The van der Waals surface area contributed by atoms with Crippen molar-refractivity contribution < 1.29 is 19.0 Å². The van der Waals surface area contributed by atoms with E-state index in [4.69, 9.17) is 25.8 Å². The lowest BCUT2D eigenvalue weighted by Gasteiger charge is -2.21. The molecule has 0 N–H and O–H groups in total. The minimum Gasteiger partial charge on any atom is -0.497 e. The highest BCUT2D eigenvalue weighted by molar-refractivity contribution is 6.30. The molecule has 0 saturated carbocycles. The van der Waals surface area contributed by atoms with Crippen molar-refractivity contribution in [3.05, 3.63) is 52.5 Å². The Balaban J connectivity index is 1.90. The molecule has 0 atom stereocenters. The summed E-state index contributed by atoms with van der Waals surface area (Å²) in [5.74, 6) is 2.02. The van der Waals surface area contributed by atoms with E-state index in [0.717, 1.165) is 11.1 Å². The molecule has 1 heterocycles. The van der Waals surface area contributed by atoms with Gasteiger partial charge in [-0.1, -0.05) is 11.6 Å². The van der Waals surface area contributed by atoms with Gasteiger partial charge in [-0.25, -0.2) is 0 Å². The number of ether oxygens (including phenoxy) is 3. The number of hydrogen-bond donors (Lipinski definition) is 0. The fourth-order valence-corrected chi connectivity index (χ4v) is 2.89. The van der Waals surface area contributed by atoms with E-state index in [9.17, 15) is 4.79 Å². The smallest absolute Gasteiger partial charge is 0.261 e. The number of methoxy groups -OCH3 is 2. The van der Waals surface area contributed by atoms with Crippen LogP contribution >= 0.6 is 11.6 Å². The molecular formula is C18H18ClNO4. The van der Waals surface area contributed by atoms with Crippen LogP contribution in [-0.4, -0.2) is 31.6 Å². The predicted octanol–water partition coefficient (Wildman–Crippen LogP) is 3.28. The Labute approximate surface area is 145 Å². The molecule has 126 valence electrons. The van der Waals surface area contributed by atoms with Gasteiger partial charge in [-0.05, 0) is 36.4 Å². The molecule has 0 saturated heterocycles. The molecule has 0 fully saturated rings. The van der Waals surface area contributed by atoms with Crippen LogP contribution in [0.3, 0.4) is 0 Å². The van der Waals surface area contributed by atoms with Crippen molar-refractivity contribution >= 4 is 17.5 Å². The third-order valence-electron chi connectivity index (χ3n) is 3.94. The number of nitrogens with zero attached hydrogens (tertiary/aromatic N) is 1. The third kappa shape index (κ3) is 3.41. The van der Waals surface area contributed by atoms with Gasteiger partial charge in [0.1, 0.15) is 17.2 Å². The van der Waals surface area contributed by atoms with Crippen LogP contribution in [0.25, 0.3) is 0 Å². The fourth-order valence-electron chi connectivity index (χ4n) is 2.69. The van der Waals surface area contributed by atoms with Gasteiger partial charge in [0.2, 0.25) is 0 Å². The van der Waals surface area contributed by atoms with Gasteiger partial charge in [0.15, 0.2) is 6.61 Å². The van der Waals surface area contributed by atoms with Crippen LogP contribution in [0.2, 0.25) is 5.02 Å². The Morgan fingerprint density at radius 3 is 2.75 bits per heavy atom. The molecule has 5 nitrogen and oxygen atoms in total. The molecule has 0 radical (unpaired) electrons.